The molecule has 0 fully saturated rings. The molecule has 0 radical (unpaired) electrons. The maximum absolute atomic E-state index is 13.0. The second kappa shape index (κ2) is 14.3. The molecule has 224 valence electrons. The van der Waals surface area contributed by atoms with Crippen molar-refractivity contribution in [1.82, 2.24) is 10.3 Å². The Balaban J connectivity index is 1.72. The molecule has 0 bridgehead atoms. The van der Waals surface area contributed by atoms with Gasteiger partial charge < -0.3 is 23.9 Å². The Morgan fingerprint density at radius 1 is 0.951 bits per heavy atom. The number of hydrogen-bond donors (Lipinski definition) is 2. The summed E-state index contributed by atoms with van der Waals surface area (Å²) in [6.07, 6.45) is 5.18. The minimum Gasteiger partial charge on any atom is -0.748 e. The standard InChI is InChI=1S/C25H32N4O10S2/c30-23(31)6-2-1-3-11-26-25(32)29(13-5-17-41(36,37)38)20-7-8-21-22(18-20)39-24(27-21)19-9-14-28(15-10-19)12-4-16-40(33,34)35/h7-10,14-15,18H,1-6,11-13,16-17H2,(H3-,26,30,31,32,33,34,35,36,37,38)/p-1. The summed E-state index contributed by atoms with van der Waals surface area (Å²) in [5.41, 5.74) is 1.89. The number of amides is 2. The molecular formula is C25H31N4O10S2-. The van der Waals surface area contributed by atoms with Gasteiger partial charge in [-0.05, 0) is 31.4 Å². The molecule has 0 aliphatic carbocycles. The normalized spacial score (nSPS) is 12.0. The number of aliphatic carboxylic acids is 1. The number of fused-ring (bicyclic) bond motifs is 1. The van der Waals surface area contributed by atoms with Crippen LogP contribution in [0.5, 0.6) is 0 Å². The Hall–Kier alpha value is -3.60. The summed E-state index contributed by atoms with van der Waals surface area (Å²) in [4.78, 5) is 29.3. The highest BCUT2D eigenvalue weighted by molar-refractivity contribution is 7.85. The smallest absolute Gasteiger partial charge is 0.321 e. The Labute approximate surface area is 237 Å². The molecule has 3 aromatic rings. The van der Waals surface area contributed by atoms with Crippen LogP contribution in [-0.2, 0) is 31.6 Å². The topological polar surface area (TPSA) is 214 Å². The zero-order valence-electron chi connectivity index (χ0n) is 22.1. The largest absolute Gasteiger partial charge is 0.748 e. The molecule has 2 amide bonds. The first kappa shape index (κ1) is 31.9. The molecule has 0 unspecified atom stereocenters. The molecule has 14 nitrogen and oxygen atoms in total. The van der Waals surface area contributed by atoms with E-state index in [2.05, 4.69) is 10.3 Å². The minimum atomic E-state index is -4.47. The number of urea groups is 1. The summed E-state index contributed by atoms with van der Waals surface area (Å²) in [5.74, 6) is -1.69. The van der Waals surface area contributed by atoms with Gasteiger partial charge in [0.25, 0.3) is 0 Å². The summed E-state index contributed by atoms with van der Waals surface area (Å²) in [5, 5.41) is 11.5. The number of oxazole rings is 1. The van der Waals surface area contributed by atoms with Crippen LogP contribution in [0.4, 0.5) is 10.5 Å². The van der Waals surface area contributed by atoms with Gasteiger partial charge in [-0.15, -0.1) is 0 Å². The maximum Gasteiger partial charge on any atom is 0.321 e. The molecule has 2 N–H and O–H groups in total. The van der Waals surface area contributed by atoms with E-state index < -0.39 is 43.7 Å². The first-order valence-electron chi connectivity index (χ1n) is 12.8. The van der Waals surface area contributed by atoms with Crippen molar-refractivity contribution in [2.24, 2.45) is 0 Å². The monoisotopic (exact) mass is 611 g/mol. The van der Waals surface area contributed by atoms with Crippen molar-refractivity contribution < 1.29 is 49.6 Å². The van der Waals surface area contributed by atoms with E-state index in [9.17, 15) is 35.5 Å². The Morgan fingerprint density at radius 2 is 1.63 bits per heavy atom. The predicted octanol–water partition coefficient (Wildman–Crippen LogP) is 1.81. The summed E-state index contributed by atoms with van der Waals surface area (Å²) in [7, 11) is -8.74. The number of carbonyl (C=O) groups excluding carboxylic acids is 1. The third kappa shape index (κ3) is 11.1. The van der Waals surface area contributed by atoms with Crippen molar-refractivity contribution in [2.45, 2.75) is 45.1 Å². The molecule has 0 spiro atoms. The summed E-state index contributed by atoms with van der Waals surface area (Å²) in [6.45, 7) is 0.571. The molecule has 0 atom stereocenters. The highest BCUT2D eigenvalue weighted by Gasteiger charge is 2.18. The van der Waals surface area contributed by atoms with Crippen molar-refractivity contribution in [1.29, 1.82) is 0 Å². The lowest BCUT2D eigenvalue weighted by Crippen LogP contribution is -2.41. The number of aromatic nitrogens is 2. The number of anilines is 1. The number of rotatable bonds is 16. The molecule has 0 aliphatic rings. The third-order valence-electron chi connectivity index (χ3n) is 6.00. The number of nitrogens with one attached hydrogen (secondary N) is 1. The van der Waals surface area contributed by atoms with E-state index in [0.717, 1.165) is 0 Å². The maximum atomic E-state index is 13.0. The van der Waals surface area contributed by atoms with Gasteiger partial charge in [0.1, 0.15) is 12.1 Å². The SMILES string of the molecule is O=C(O)CCCCCNC(=O)N(CCCS(=O)(=O)[O-])c1ccc2nc(-c3cc[n+](CCCS(=O)(=O)[O-])cc3)oc2c1. The van der Waals surface area contributed by atoms with Gasteiger partial charge in [0.15, 0.2) is 18.0 Å². The Bertz CT molecular complexity index is 1550. The molecule has 3 rings (SSSR count). The van der Waals surface area contributed by atoms with E-state index in [-0.39, 0.29) is 32.4 Å². The van der Waals surface area contributed by atoms with Crippen LogP contribution in [-0.4, -0.2) is 72.6 Å². The molecule has 1 aromatic carbocycles. The van der Waals surface area contributed by atoms with Gasteiger partial charge in [-0.3, -0.25) is 9.69 Å². The first-order valence-corrected chi connectivity index (χ1v) is 16.0. The lowest BCUT2D eigenvalue weighted by Gasteiger charge is -2.23. The van der Waals surface area contributed by atoms with Gasteiger partial charge in [0.2, 0.25) is 5.89 Å². The molecule has 41 heavy (non-hydrogen) atoms. The fourth-order valence-corrected chi connectivity index (χ4v) is 4.96. The molecular weight excluding hydrogens is 580 g/mol. The minimum absolute atomic E-state index is 0.0425. The van der Waals surface area contributed by atoms with E-state index in [1.165, 1.54) is 4.90 Å². The number of carbonyl (C=O) groups is 2. The number of carboxylic acid groups (broad SMARTS) is 1. The van der Waals surface area contributed by atoms with Crippen molar-refractivity contribution in [3.8, 4) is 11.5 Å². The molecule has 0 saturated heterocycles. The first-order chi connectivity index (χ1) is 19.3. The average molecular weight is 612 g/mol. The van der Waals surface area contributed by atoms with Gasteiger partial charge in [-0.25, -0.2) is 31.2 Å². The van der Waals surface area contributed by atoms with Crippen molar-refractivity contribution in [3.05, 3.63) is 42.7 Å². The Kier molecular flexibility index (Phi) is 11.2. The zero-order valence-corrected chi connectivity index (χ0v) is 23.7. The highest BCUT2D eigenvalue weighted by Crippen LogP contribution is 2.27. The average Bonchev–Trinajstić information content (AvgIpc) is 3.31. The van der Waals surface area contributed by atoms with Crippen molar-refractivity contribution in [2.75, 3.05) is 29.5 Å². The lowest BCUT2D eigenvalue weighted by atomic mass is 10.2. The van der Waals surface area contributed by atoms with Crippen LogP contribution in [0, 0.1) is 0 Å². The number of hydrogen-bond acceptors (Lipinski definition) is 10. The van der Waals surface area contributed by atoms with Gasteiger partial charge >= 0.3 is 12.0 Å². The van der Waals surface area contributed by atoms with Gasteiger partial charge in [0.05, 0.1) is 20.2 Å². The summed E-state index contributed by atoms with van der Waals surface area (Å²) >= 11 is 0. The quantitative estimate of drug-likeness (QED) is 0.135. The third-order valence-corrected chi connectivity index (χ3v) is 7.57. The van der Waals surface area contributed by atoms with Crippen LogP contribution in [0.25, 0.3) is 22.6 Å². The van der Waals surface area contributed by atoms with Crippen LogP contribution >= 0.6 is 0 Å². The van der Waals surface area contributed by atoms with E-state index >= 15 is 0 Å². The molecule has 2 heterocycles. The van der Waals surface area contributed by atoms with Crippen LogP contribution in [0.15, 0.2) is 47.1 Å². The van der Waals surface area contributed by atoms with Crippen LogP contribution in [0.3, 0.4) is 0 Å². The molecule has 0 saturated carbocycles. The predicted molar refractivity (Wildman–Crippen MR) is 145 cm³/mol. The van der Waals surface area contributed by atoms with Crippen LogP contribution < -0.4 is 14.8 Å². The number of nitrogens with zero attached hydrogens (tertiary/aromatic N) is 3. The Morgan fingerprint density at radius 3 is 2.29 bits per heavy atom. The van der Waals surface area contributed by atoms with Gasteiger partial charge in [0, 0.05) is 66.9 Å². The van der Waals surface area contributed by atoms with E-state index in [1.54, 1.807) is 47.3 Å². The number of benzene rings is 1. The molecule has 2 aromatic heterocycles. The van der Waals surface area contributed by atoms with Gasteiger partial charge in [-0.1, -0.05) is 6.42 Å². The highest BCUT2D eigenvalue weighted by atomic mass is 32.2. The number of carboxylic acids is 1. The zero-order chi connectivity index (χ0) is 30.0. The van der Waals surface area contributed by atoms with Crippen LogP contribution in [0.1, 0.15) is 38.5 Å². The second-order valence-electron chi connectivity index (χ2n) is 9.31. The van der Waals surface area contributed by atoms with Crippen molar-refractivity contribution in [3.63, 3.8) is 0 Å². The summed E-state index contributed by atoms with van der Waals surface area (Å²) < 4.78 is 73.2. The fourth-order valence-electron chi connectivity index (χ4n) is 3.99. The van der Waals surface area contributed by atoms with Crippen molar-refractivity contribution >= 4 is 49.0 Å². The van der Waals surface area contributed by atoms with E-state index in [4.69, 9.17) is 9.52 Å². The molecule has 0 aliphatic heterocycles. The summed E-state index contributed by atoms with van der Waals surface area (Å²) in [6, 6.07) is 7.77. The fraction of sp³-hybridized carbons (Fsp3) is 0.440. The number of aryl methyl sites for hydroxylation is 1. The number of unbranched alkanes of at least 4 members (excludes halogenated alkanes) is 2. The van der Waals surface area contributed by atoms with Crippen LogP contribution in [0.2, 0.25) is 0 Å². The second-order valence-corrected chi connectivity index (χ2v) is 12.4. The van der Waals surface area contributed by atoms with E-state index in [0.29, 0.717) is 54.0 Å². The van der Waals surface area contributed by atoms with E-state index in [1.807, 2.05) is 0 Å². The van der Waals surface area contributed by atoms with Gasteiger partial charge in [-0.2, -0.15) is 0 Å². The number of pyridine rings is 1. The lowest BCUT2D eigenvalue weighted by molar-refractivity contribution is -0.696. The molecule has 16 heteroatoms.